The highest BCUT2D eigenvalue weighted by molar-refractivity contribution is 6.30. The molecule has 0 bridgehead atoms. The smallest absolute Gasteiger partial charge is 0.252 e. The first-order chi connectivity index (χ1) is 11.5. The van der Waals surface area contributed by atoms with Crippen LogP contribution in [0.15, 0.2) is 42.7 Å². The molecule has 0 radical (unpaired) electrons. The lowest BCUT2D eigenvalue weighted by molar-refractivity contribution is 0.0954. The summed E-state index contributed by atoms with van der Waals surface area (Å²) in [5, 5.41) is 6.95. The minimum atomic E-state index is -0.107. The highest BCUT2D eigenvalue weighted by Crippen LogP contribution is 2.11. The summed E-state index contributed by atoms with van der Waals surface area (Å²) < 4.78 is 0. The van der Waals surface area contributed by atoms with Crippen LogP contribution in [0.5, 0.6) is 0 Å². The number of nitrogens with zero attached hydrogens (tertiary/aromatic N) is 1. The van der Waals surface area contributed by atoms with Gasteiger partial charge in [0, 0.05) is 30.5 Å². The Labute approximate surface area is 148 Å². The maximum atomic E-state index is 12.2. The lowest BCUT2D eigenvalue weighted by atomic mass is 10.1. The van der Waals surface area contributed by atoms with Gasteiger partial charge in [0.15, 0.2) is 0 Å². The first-order valence-electron chi connectivity index (χ1n) is 8.26. The molecule has 1 aromatic heterocycles. The van der Waals surface area contributed by atoms with Crippen LogP contribution in [0, 0.1) is 5.92 Å². The second-order valence-corrected chi connectivity index (χ2v) is 6.64. The van der Waals surface area contributed by atoms with Gasteiger partial charge < -0.3 is 10.6 Å². The number of pyridine rings is 1. The predicted octanol–water partition coefficient (Wildman–Crippen LogP) is 4.17. The number of nitrogens with one attached hydrogen (secondary N) is 2. The zero-order valence-corrected chi connectivity index (χ0v) is 14.9. The third-order valence-electron chi connectivity index (χ3n) is 3.66. The van der Waals surface area contributed by atoms with Crippen LogP contribution in [0.25, 0.3) is 0 Å². The molecule has 0 fully saturated rings. The molecular weight excluding hydrogens is 322 g/mol. The second kappa shape index (κ2) is 9.28. The van der Waals surface area contributed by atoms with E-state index in [2.05, 4.69) is 29.5 Å². The number of hydrogen-bond acceptors (Lipinski definition) is 3. The normalized spacial score (nSPS) is 10.7. The highest BCUT2D eigenvalue weighted by Gasteiger charge is 2.07. The van der Waals surface area contributed by atoms with Gasteiger partial charge in [-0.05, 0) is 42.5 Å². The predicted molar refractivity (Wildman–Crippen MR) is 99.7 cm³/mol. The number of anilines is 1. The zero-order chi connectivity index (χ0) is 17.4. The maximum Gasteiger partial charge on any atom is 0.252 e. The largest absolute Gasteiger partial charge is 0.384 e. The average Bonchev–Trinajstić information content (AvgIpc) is 2.56. The van der Waals surface area contributed by atoms with E-state index in [1.54, 1.807) is 12.4 Å². The monoisotopic (exact) mass is 345 g/mol. The topological polar surface area (TPSA) is 54.0 Å². The third-order valence-corrected chi connectivity index (χ3v) is 3.92. The van der Waals surface area contributed by atoms with Crippen LogP contribution >= 0.6 is 11.6 Å². The molecule has 0 saturated heterocycles. The van der Waals surface area contributed by atoms with Crippen molar-refractivity contribution in [2.24, 2.45) is 5.92 Å². The molecule has 0 aliphatic heterocycles. The Morgan fingerprint density at radius 3 is 2.62 bits per heavy atom. The molecule has 5 heteroatoms. The molecule has 1 amide bonds. The van der Waals surface area contributed by atoms with Crippen LogP contribution in [-0.4, -0.2) is 24.0 Å². The van der Waals surface area contributed by atoms with Gasteiger partial charge in [0.2, 0.25) is 0 Å². The molecule has 128 valence electrons. The van der Waals surface area contributed by atoms with E-state index in [-0.39, 0.29) is 5.91 Å². The van der Waals surface area contributed by atoms with Crippen molar-refractivity contribution in [3.05, 3.63) is 58.9 Å². The quantitative estimate of drug-likeness (QED) is 0.755. The lowest BCUT2D eigenvalue weighted by Crippen LogP contribution is -2.25. The third kappa shape index (κ3) is 6.20. The molecule has 24 heavy (non-hydrogen) atoms. The van der Waals surface area contributed by atoms with Gasteiger partial charge in [0.1, 0.15) is 0 Å². The summed E-state index contributed by atoms with van der Waals surface area (Å²) in [6.07, 6.45) is 5.18. The fourth-order valence-electron chi connectivity index (χ4n) is 2.24. The van der Waals surface area contributed by atoms with E-state index < -0.39 is 0 Å². The van der Waals surface area contributed by atoms with Crippen LogP contribution in [-0.2, 0) is 6.42 Å². The minimum absolute atomic E-state index is 0.107. The molecule has 1 heterocycles. The van der Waals surface area contributed by atoms with E-state index in [0.29, 0.717) is 18.0 Å². The summed E-state index contributed by atoms with van der Waals surface area (Å²) in [4.78, 5) is 16.4. The van der Waals surface area contributed by atoms with E-state index in [1.165, 1.54) is 0 Å². The van der Waals surface area contributed by atoms with E-state index in [1.807, 2.05) is 30.3 Å². The van der Waals surface area contributed by atoms with Gasteiger partial charge in [-0.2, -0.15) is 0 Å². The molecule has 2 rings (SSSR count). The van der Waals surface area contributed by atoms with Crippen LogP contribution in [0.3, 0.4) is 0 Å². The van der Waals surface area contributed by atoms with E-state index in [0.717, 1.165) is 35.7 Å². The number of hydrogen-bond donors (Lipinski definition) is 2. The molecule has 0 aliphatic carbocycles. The van der Waals surface area contributed by atoms with E-state index in [4.69, 9.17) is 11.6 Å². The van der Waals surface area contributed by atoms with E-state index in [9.17, 15) is 4.79 Å². The van der Waals surface area contributed by atoms with Gasteiger partial charge in [-0.15, -0.1) is 0 Å². The first-order valence-corrected chi connectivity index (χ1v) is 8.64. The van der Waals surface area contributed by atoms with Crippen LogP contribution in [0.1, 0.15) is 36.2 Å². The summed E-state index contributed by atoms with van der Waals surface area (Å²) in [7, 11) is 0. The number of aromatic nitrogens is 1. The van der Waals surface area contributed by atoms with E-state index >= 15 is 0 Å². The Kier molecular flexibility index (Phi) is 7.07. The van der Waals surface area contributed by atoms with Crippen molar-refractivity contribution in [1.29, 1.82) is 0 Å². The molecular formula is C19H24ClN3O. The van der Waals surface area contributed by atoms with Gasteiger partial charge in [0.25, 0.3) is 5.91 Å². The minimum Gasteiger partial charge on any atom is -0.384 e. The summed E-state index contributed by atoms with van der Waals surface area (Å²) in [6, 6.07) is 9.49. The number of halogens is 1. The Morgan fingerprint density at radius 1 is 1.17 bits per heavy atom. The fourth-order valence-corrected chi connectivity index (χ4v) is 2.37. The number of rotatable bonds is 8. The summed E-state index contributed by atoms with van der Waals surface area (Å²) in [6.45, 7) is 5.82. The highest BCUT2D eigenvalue weighted by atomic mass is 35.5. The van der Waals surface area contributed by atoms with Crippen molar-refractivity contribution in [2.45, 2.75) is 26.7 Å². The first kappa shape index (κ1) is 18.3. The number of benzene rings is 1. The number of carbonyl (C=O) groups excluding carboxylic acids is 1. The Morgan fingerprint density at radius 2 is 1.92 bits per heavy atom. The second-order valence-electron chi connectivity index (χ2n) is 6.20. The summed E-state index contributed by atoms with van der Waals surface area (Å²) >= 11 is 5.86. The van der Waals surface area contributed by atoms with Gasteiger partial charge in [-0.3, -0.25) is 9.78 Å². The molecule has 1 aromatic carbocycles. The van der Waals surface area contributed by atoms with Crippen LogP contribution in [0.4, 0.5) is 5.69 Å². The van der Waals surface area contributed by atoms with Crippen molar-refractivity contribution in [3.63, 3.8) is 0 Å². The van der Waals surface area contributed by atoms with Crippen molar-refractivity contribution >= 4 is 23.2 Å². The van der Waals surface area contributed by atoms with Crippen molar-refractivity contribution in [2.75, 3.05) is 18.4 Å². The average molecular weight is 346 g/mol. The van der Waals surface area contributed by atoms with Crippen LogP contribution < -0.4 is 10.6 Å². The van der Waals surface area contributed by atoms with Crippen molar-refractivity contribution in [1.82, 2.24) is 10.3 Å². The number of carbonyl (C=O) groups is 1. The van der Waals surface area contributed by atoms with Gasteiger partial charge in [0.05, 0.1) is 11.3 Å². The molecule has 0 aliphatic rings. The lowest BCUT2D eigenvalue weighted by Gasteiger charge is -2.10. The van der Waals surface area contributed by atoms with Crippen LogP contribution in [0.2, 0.25) is 5.02 Å². The number of amides is 1. The van der Waals surface area contributed by atoms with Crippen molar-refractivity contribution in [3.8, 4) is 0 Å². The van der Waals surface area contributed by atoms with Crippen molar-refractivity contribution < 1.29 is 4.79 Å². The standard InChI is InChI=1S/C19H24ClN3O/c1-14(2)7-9-22-18-11-16(12-21-13-18)19(24)23-10-8-15-3-5-17(20)6-4-15/h3-6,11-14,22H,7-10H2,1-2H3,(H,23,24). The molecule has 0 spiro atoms. The van der Waals surface area contributed by atoms with Gasteiger partial charge in [-0.1, -0.05) is 37.6 Å². The zero-order valence-electron chi connectivity index (χ0n) is 14.2. The molecule has 0 unspecified atom stereocenters. The molecule has 4 nitrogen and oxygen atoms in total. The molecule has 2 aromatic rings. The Balaban J connectivity index is 1.82. The van der Waals surface area contributed by atoms with Gasteiger partial charge >= 0.3 is 0 Å². The Hall–Kier alpha value is -2.07. The fraction of sp³-hybridized carbons (Fsp3) is 0.368. The maximum absolute atomic E-state index is 12.2. The molecule has 0 saturated carbocycles. The summed E-state index contributed by atoms with van der Waals surface area (Å²) in [5.74, 6) is 0.536. The van der Waals surface area contributed by atoms with Gasteiger partial charge in [-0.25, -0.2) is 0 Å². The SMILES string of the molecule is CC(C)CCNc1cncc(C(=O)NCCc2ccc(Cl)cc2)c1. The Bertz CT molecular complexity index is 656. The molecule has 2 N–H and O–H groups in total. The summed E-state index contributed by atoms with van der Waals surface area (Å²) in [5.41, 5.74) is 2.59. The molecule has 0 atom stereocenters.